The molecule has 0 spiro atoms. The second-order valence-electron chi connectivity index (χ2n) is 7.28. The summed E-state index contributed by atoms with van der Waals surface area (Å²) in [6.07, 6.45) is 0. The number of aromatic hydroxyl groups is 1. The van der Waals surface area contributed by atoms with Crippen molar-refractivity contribution in [1.82, 2.24) is 0 Å². The van der Waals surface area contributed by atoms with Gasteiger partial charge in [-0.3, -0.25) is 14.5 Å². The number of phenolic OH excluding ortho intramolecular Hbond substituents is 1. The molecule has 4 aromatic rings. The summed E-state index contributed by atoms with van der Waals surface area (Å²) in [5.74, 6) is -0.337. The van der Waals surface area contributed by atoms with Crippen LogP contribution in [0.3, 0.4) is 0 Å². The molecule has 1 aliphatic rings. The number of amides is 1. The minimum atomic E-state index is -0.801. The van der Waals surface area contributed by atoms with Gasteiger partial charge in [-0.25, -0.2) is 0 Å². The van der Waals surface area contributed by atoms with Gasteiger partial charge in [0.05, 0.1) is 28.6 Å². The second kappa shape index (κ2) is 7.69. The van der Waals surface area contributed by atoms with Crippen LogP contribution in [0.1, 0.15) is 27.7 Å². The average molecular weight is 513 g/mol. The molecule has 5 rings (SSSR count). The fraction of sp³-hybridized carbons (Fsp3) is 0.0833. The molecule has 0 bridgehead atoms. The summed E-state index contributed by atoms with van der Waals surface area (Å²) in [5, 5.41) is 10.9. The van der Waals surface area contributed by atoms with E-state index in [1.807, 2.05) is 18.2 Å². The summed E-state index contributed by atoms with van der Waals surface area (Å²) < 4.78 is 11.6. The van der Waals surface area contributed by atoms with Gasteiger partial charge in [0.25, 0.3) is 5.91 Å². The molecule has 2 heterocycles. The lowest BCUT2D eigenvalue weighted by Gasteiger charge is -2.26. The number of halogens is 2. The molecular formula is C24H15BrClNO5. The van der Waals surface area contributed by atoms with Gasteiger partial charge in [-0.15, -0.1) is 0 Å². The Morgan fingerprint density at radius 3 is 2.56 bits per heavy atom. The van der Waals surface area contributed by atoms with Crippen LogP contribution in [0.2, 0.25) is 5.02 Å². The van der Waals surface area contributed by atoms with E-state index < -0.39 is 11.9 Å². The molecule has 6 nitrogen and oxygen atoms in total. The number of carbonyl (C=O) groups is 1. The number of benzene rings is 3. The van der Waals surface area contributed by atoms with Crippen LogP contribution < -0.4 is 15.1 Å². The molecule has 1 N–H and O–H groups in total. The zero-order valence-electron chi connectivity index (χ0n) is 16.6. The average Bonchev–Trinajstić information content (AvgIpc) is 3.09. The molecule has 0 saturated carbocycles. The number of nitrogens with zero attached hydrogens (tertiary/aromatic N) is 1. The lowest BCUT2D eigenvalue weighted by atomic mass is 9.97. The van der Waals surface area contributed by atoms with Crippen molar-refractivity contribution in [3.8, 4) is 11.5 Å². The molecule has 0 aliphatic carbocycles. The van der Waals surface area contributed by atoms with Gasteiger partial charge >= 0.3 is 0 Å². The first kappa shape index (κ1) is 20.6. The summed E-state index contributed by atoms with van der Waals surface area (Å²) in [4.78, 5) is 28.6. The number of fused-ring (bicyclic) bond motifs is 2. The van der Waals surface area contributed by atoms with Crippen LogP contribution >= 0.6 is 27.5 Å². The van der Waals surface area contributed by atoms with E-state index >= 15 is 0 Å². The molecule has 0 radical (unpaired) electrons. The number of rotatable bonds is 3. The number of methoxy groups -OCH3 is 1. The van der Waals surface area contributed by atoms with Gasteiger partial charge in [0.1, 0.15) is 5.58 Å². The van der Waals surface area contributed by atoms with Crippen molar-refractivity contribution in [1.29, 1.82) is 0 Å². The topological polar surface area (TPSA) is 80.0 Å². The van der Waals surface area contributed by atoms with Crippen molar-refractivity contribution in [3.05, 3.63) is 97.3 Å². The molecular weight excluding hydrogens is 498 g/mol. The Morgan fingerprint density at radius 2 is 1.84 bits per heavy atom. The van der Waals surface area contributed by atoms with Crippen molar-refractivity contribution < 1.29 is 19.1 Å². The predicted octanol–water partition coefficient (Wildman–Crippen LogP) is 5.67. The Kier molecular flexibility index (Phi) is 4.95. The summed E-state index contributed by atoms with van der Waals surface area (Å²) >= 11 is 9.45. The molecule has 1 amide bonds. The van der Waals surface area contributed by atoms with E-state index in [1.54, 1.807) is 36.4 Å². The molecule has 1 atom stereocenters. The van der Waals surface area contributed by atoms with Crippen LogP contribution in [0.5, 0.6) is 11.5 Å². The van der Waals surface area contributed by atoms with Crippen LogP contribution in [-0.4, -0.2) is 18.1 Å². The first-order valence-corrected chi connectivity index (χ1v) is 10.8. The Labute approximate surface area is 195 Å². The summed E-state index contributed by atoms with van der Waals surface area (Å²) in [7, 11) is 1.43. The van der Waals surface area contributed by atoms with E-state index in [0.717, 1.165) is 0 Å². The maximum absolute atomic E-state index is 13.6. The highest BCUT2D eigenvalue weighted by Crippen LogP contribution is 2.45. The first-order chi connectivity index (χ1) is 15.4. The Balaban J connectivity index is 1.85. The van der Waals surface area contributed by atoms with E-state index in [9.17, 15) is 14.7 Å². The largest absolute Gasteiger partial charge is 0.503 e. The molecule has 8 heteroatoms. The highest BCUT2D eigenvalue weighted by atomic mass is 79.9. The van der Waals surface area contributed by atoms with Gasteiger partial charge in [-0.2, -0.15) is 0 Å². The molecule has 0 unspecified atom stereocenters. The maximum Gasteiger partial charge on any atom is 0.295 e. The van der Waals surface area contributed by atoms with Gasteiger partial charge < -0.3 is 14.3 Å². The van der Waals surface area contributed by atoms with Crippen LogP contribution in [0.4, 0.5) is 5.69 Å². The lowest BCUT2D eigenvalue weighted by molar-refractivity contribution is 0.0971. The van der Waals surface area contributed by atoms with Gasteiger partial charge in [-0.1, -0.05) is 29.8 Å². The summed E-state index contributed by atoms with van der Waals surface area (Å²) in [6.45, 7) is 0. The third-order valence-corrected chi connectivity index (χ3v) is 6.29. The fourth-order valence-electron chi connectivity index (χ4n) is 4.02. The van der Waals surface area contributed by atoms with E-state index in [2.05, 4.69) is 15.9 Å². The SMILES string of the molecule is COc1cc([C@H]2c3c(oc4ccc(Cl)cc4c3=O)C(=O)N2c2ccccc2)cc(Br)c1O. The number of anilines is 1. The number of para-hydroxylation sites is 1. The molecule has 0 fully saturated rings. The van der Waals surface area contributed by atoms with E-state index in [1.165, 1.54) is 18.1 Å². The van der Waals surface area contributed by atoms with Gasteiger partial charge in [0, 0.05) is 10.7 Å². The van der Waals surface area contributed by atoms with Crippen LogP contribution in [0, 0.1) is 0 Å². The van der Waals surface area contributed by atoms with Crippen molar-refractivity contribution in [2.24, 2.45) is 0 Å². The number of ether oxygens (including phenoxy) is 1. The van der Waals surface area contributed by atoms with Crippen molar-refractivity contribution >= 4 is 50.1 Å². The maximum atomic E-state index is 13.6. The second-order valence-corrected chi connectivity index (χ2v) is 8.57. The molecule has 160 valence electrons. The Hall–Kier alpha value is -3.29. The normalized spacial score (nSPS) is 15.3. The van der Waals surface area contributed by atoms with E-state index in [-0.39, 0.29) is 39.2 Å². The quantitative estimate of drug-likeness (QED) is 0.382. The highest BCUT2D eigenvalue weighted by Gasteiger charge is 2.44. The Morgan fingerprint density at radius 1 is 1.09 bits per heavy atom. The zero-order chi connectivity index (χ0) is 22.6. The molecule has 1 aromatic heterocycles. The monoisotopic (exact) mass is 511 g/mol. The number of hydrogen-bond acceptors (Lipinski definition) is 5. The third kappa shape index (κ3) is 3.08. The number of hydrogen-bond donors (Lipinski definition) is 1. The van der Waals surface area contributed by atoms with Crippen molar-refractivity contribution in [2.75, 3.05) is 12.0 Å². The van der Waals surface area contributed by atoms with Gasteiger partial charge in [-0.05, 0) is 64.0 Å². The molecule has 1 aliphatic heterocycles. The van der Waals surface area contributed by atoms with E-state index in [4.69, 9.17) is 20.8 Å². The van der Waals surface area contributed by atoms with E-state index in [0.29, 0.717) is 20.7 Å². The fourth-order valence-corrected chi connectivity index (χ4v) is 4.65. The standard InChI is InChI=1S/C24H15BrClNO5/c1-31-18-10-12(9-16(25)22(18)29)20-19-21(28)15-11-13(26)7-8-17(15)32-23(19)24(30)27(20)14-5-3-2-4-6-14/h2-11,20,29H,1H3/t20-/m0/s1. The molecule has 0 saturated heterocycles. The van der Waals surface area contributed by atoms with Crippen LogP contribution in [-0.2, 0) is 0 Å². The van der Waals surface area contributed by atoms with Gasteiger partial charge in [0.15, 0.2) is 16.9 Å². The van der Waals surface area contributed by atoms with Crippen LogP contribution in [0.25, 0.3) is 11.0 Å². The summed E-state index contributed by atoms with van der Waals surface area (Å²) in [5.41, 5.74) is 1.30. The number of phenols is 1. The molecule has 32 heavy (non-hydrogen) atoms. The first-order valence-electron chi connectivity index (χ1n) is 9.62. The highest BCUT2D eigenvalue weighted by molar-refractivity contribution is 9.10. The smallest absolute Gasteiger partial charge is 0.295 e. The van der Waals surface area contributed by atoms with Crippen molar-refractivity contribution in [3.63, 3.8) is 0 Å². The lowest BCUT2D eigenvalue weighted by Crippen LogP contribution is -2.29. The molecule has 3 aromatic carbocycles. The number of carbonyl (C=O) groups excluding carboxylic acids is 1. The third-order valence-electron chi connectivity index (χ3n) is 5.45. The van der Waals surface area contributed by atoms with Crippen molar-refractivity contribution in [2.45, 2.75) is 6.04 Å². The summed E-state index contributed by atoms with van der Waals surface area (Å²) in [6, 6.07) is 16.2. The zero-order valence-corrected chi connectivity index (χ0v) is 19.0. The minimum Gasteiger partial charge on any atom is -0.503 e. The minimum absolute atomic E-state index is 0.0261. The van der Waals surface area contributed by atoms with Crippen LogP contribution in [0.15, 0.2) is 74.3 Å². The van der Waals surface area contributed by atoms with Gasteiger partial charge in [0.2, 0.25) is 5.76 Å². The predicted molar refractivity (Wildman–Crippen MR) is 125 cm³/mol. The Bertz CT molecular complexity index is 1450.